The van der Waals surface area contributed by atoms with Crippen LogP contribution in [-0.4, -0.2) is 27.4 Å². The molecule has 0 spiro atoms. The predicted octanol–water partition coefficient (Wildman–Crippen LogP) is 1.43. The number of benzene rings is 1. The lowest BCUT2D eigenvalue weighted by molar-refractivity contribution is 0.199. The number of hydrogen-bond donors (Lipinski definition) is 1. The largest absolute Gasteiger partial charge is 0.497 e. The van der Waals surface area contributed by atoms with Gasteiger partial charge in [0.1, 0.15) is 5.75 Å². The van der Waals surface area contributed by atoms with Crippen LogP contribution < -0.4 is 10.1 Å². The van der Waals surface area contributed by atoms with Crippen molar-refractivity contribution < 1.29 is 9.47 Å². The van der Waals surface area contributed by atoms with Gasteiger partial charge in [0.15, 0.2) is 0 Å². The third-order valence-corrected chi connectivity index (χ3v) is 1.97. The summed E-state index contributed by atoms with van der Waals surface area (Å²) in [6.07, 6.45) is 0. The van der Waals surface area contributed by atoms with E-state index in [9.17, 15) is 0 Å². The molecule has 0 saturated heterocycles. The lowest BCUT2D eigenvalue weighted by atomic mass is 10.2. The molecule has 0 aliphatic rings. The number of nitrogens with one attached hydrogen (secondary N) is 1. The minimum atomic E-state index is 0.746. The maximum Gasteiger partial charge on any atom is 0.118 e. The van der Waals surface area contributed by atoms with E-state index in [-0.39, 0.29) is 0 Å². The normalized spacial score (nSPS) is 10.1. The molecule has 1 rings (SSSR count). The highest BCUT2D eigenvalue weighted by molar-refractivity contribution is 5.26. The van der Waals surface area contributed by atoms with Crippen LogP contribution in [0.3, 0.4) is 0 Å². The van der Waals surface area contributed by atoms with Crippen molar-refractivity contribution in [2.24, 2.45) is 0 Å². The first kappa shape index (κ1) is 11.0. The zero-order chi connectivity index (χ0) is 10.2. The summed E-state index contributed by atoms with van der Waals surface area (Å²) in [7, 11) is 3.38. The van der Waals surface area contributed by atoms with Gasteiger partial charge in [0, 0.05) is 20.2 Å². The van der Waals surface area contributed by atoms with E-state index in [1.807, 2.05) is 12.1 Å². The van der Waals surface area contributed by atoms with Crippen molar-refractivity contribution in [1.82, 2.24) is 5.32 Å². The second-order valence-electron chi connectivity index (χ2n) is 3.02. The van der Waals surface area contributed by atoms with Crippen molar-refractivity contribution >= 4 is 0 Å². The van der Waals surface area contributed by atoms with Gasteiger partial charge in [-0.2, -0.15) is 0 Å². The van der Waals surface area contributed by atoms with Gasteiger partial charge in [-0.05, 0) is 17.7 Å². The van der Waals surface area contributed by atoms with Crippen LogP contribution in [0.15, 0.2) is 24.3 Å². The Morgan fingerprint density at radius 2 is 1.86 bits per heavy atom. The smallest absolute Gasteiger partial charge is 0.118 e. The first-order valence-electron chi connectivity index (χ1n) is 4.69. The first-order valence-corrected chi connectivity index (χ1v) is 4.69. The third kappa shape index (κ3) is 3.77. The quantitative estimate of drug-likeness (QED) is 0.697. The Labute approximate surface area is 85.0 Å². The monoisotopic (exact) mass is 195 g/mol. The van der Waals surface area contributed by atoms with Crippen LogP contribution in [0.4, 0.5) is 0 Å². The molecule has 1 aromatic rings. The minimum Gasteiger partial charge on any atom is -0.497 e. The lowest BCUT2D eigenvalue weighted by Crippen LogP contribution is -2.18. The number of ether oxygens (including phenoxy) is 2. The average Bonchev–Trinajstić information content (AvgIpc) is 2.25. The van der Waals surface area contributed by atoms with Gasteiger partial charge in [-0.1, -0.05) is 12.1 Å². The Bertz CT molecular complexity index is 246. The molecule has 0 bridgehead atoms. The van der Waals surface area contributed by atoms with Crippen molar-refractivity contribution in [3.05, 3.63) is 29.8 Å². The van der Waals surface area contributed by atoms with E-state index in [0.717, 1.165) is 25.4 Å². The molecule has 14 heavy (non-hydrogen) atoms. The van der Waals surface area contributed by atoms with Crippen LogP contribution in [-0.2, 0) is 11.3 Å². The average molecular weight is 195 g/mol. The standard InChI is InChI=1S/C11H17NO2/c1-13-8-7-12-9-10-3-5-11(14-2)6-4-10/h3-6,12H,7-9H2,1-2H3. The van der Waals surface area contributed by atoms with Gasteiger partial charge in [-0.3, -0.25) is 0 Å². The SMILES string of the molecule is COCCNCc1ccc(OC)cc1. The first-order chi connectivity index (χ1) is 6.86. The Morgan fingerprint density at radius 3 is 2.43 bits per heavy atom. The molecule has 1 N–H and O–H groups in total. The van der Waals surface area contributed by atoms with Crippen LogP contribution in [0.1, 0.15) is 5.56 Å². The maximum absolute atomic E-state index is 5.07. The van der Waals surface area contributed by atoms with E-state index in [4.69, 9.17) is 9.47 Å². The molecule has 0 amide bonds. The lowest BCUT2D eigenvalue weighted by Gasteiger charge is -2.05. The van der Waals surface area contributed by atoms with E-state index in [2.05, 4.69) is 17.4 Å². The zero-order valence-electron chi connectivity index (χ0n) is 8.75. The highest BCUT2D eigenvalue weighted by Gasteiger charge is 1.93. The van der Waals surface area contributed by atoms with Crippen molar-refractivity contribution in [1.29, 1.82) is 0 Å². The van der Waals surface area contributed by atoms with Gasteiger partial charge in [-0.15, -0.1) is 0 Å². The van der Waals surface area contributed by atoms with Crippen LogP contribution in [0.5, 0.6) is 5.75 Å². The molecule has 0 atom stereocenters. The molecule has 0 aliphatic carbocycles. The Balaban J connectivity index is 2.29. The molecule has 0 saturated carbocycles. The van der Waals surface area contributed by atoms with E-state index >= 15 is 0 Å². The molecule has 0 fully saturated rings. The molecule has 0 heterocycles. The number of hydrogen-bond acceptors (Lipinski definition) is 3. The summed E-state index contributed by atoms with van der Waals surface area (Å²) in [4.78, 5) is 0. The number of methoxy groups -OCH3 is 2. The summed E-state index contributed by atoms with van der Waals surface area (Å²) >= 11 is 0. The molecule has 1 aromatic carbocycles. The van der Waals surface area contributed by atoms with E-state index in [0.29, 0.717) is 0 Å². The van der Waals surface area contributed by atoms with Crippen LogP contribution in [0.25, 0.3) is 0 Å². The molecular formula is C11H17NO2. The van der Waals surface area contributed by atoms with Gasteiger partial charge in [0.05, 0.1) is 13.7 Å². The summed E-state index contributed by atoms with van der Waals surface area (Å²) in [5.74, 6) is 0.894. The van der Waals surface area contributed by atoms with Crippen molar-refractivity contribution in [3.63, 3.8) is 0 Å². The minimum absolute atomic E-state index is 0.746. The topological polar surface area (TPSA) is 30.5 Å². The zero-order valence-corrected chi connectivity index (χ0v) is 8.75. The summed E-state index contributed by atoms with van der Waals surface area (Å²) in [6, 6.07) is 8.04. The van der Waals surface area contributed by atoms with E-state index in [1.54, 1.807) is 14.2 Å². The van der Waals surface area contributed by atoms with Crippen molar-refractivity contribution in [3.8, 4) is 5.75 Å². The predicted molar refractivity (Wildman–Crippen MR) is 56.6 cm³/mol. The van der Waals surface area contributed by atoms with Crippen molar-refractivity contribution in [2.75, 3.05) is 27.4 Å². The molecular weight excluding hydrogens is 178 g/mol. The molecule has 0 unspecified atom stereocenters. The molecule has 0 radical (unpaired) electrons. The van der Waals surface area contributed by atoms with Gasteiger partial charge in [0.2, 0.25) is 0 Å². The van der Waals surface area contributed by atoms with Gasteiger partial charge < -0.3 is 14.8 Å². The fourth-order valence-electron chi connectivity index (χ4n) is 1.15. The fraction of sp³-hybridized carbons (Fsp3) is 0.455. The van der Waals surface area contributed by atoms with Gasteiger partial charge in [-0.25, -0.2) is 0 Å². The maximum atomic E-state index is 5.07. The molecule has 0 aromatic heterocycles. The molecule has 3 nitrogen and oxygen atoms in total. The molecule has 78 valence electrons. The Morgan fingerprint density at radius 1 is 1.14 bits per heavy atom. The summed E-state index contributed by atoms with van der Waals surface area (Å²) < 4.78 is 10.0. The van der Waals surface area contributed by atoms with Crippen LogP contribution >= 0.6 is 0 Å². The summed E-state index contributed by atoms with van der Waals surface area (Å²) in [5.41, 5.74) is 1.25. The van der Waals surface area contributed by atoms with E-state index in [1.165, 1.54) is 5.56 Å². The molecule has 3 heteroatoms. The Hall–Kier alpha value is -1.06. The van der Waals surface area contributed by atoms with E-state index < -0.39 is 0 Å². The second kappa shape index (κ2) is 6.40. The highest BCUT2D eigenvalue weighted by atomic mass is 16.5. The second-order valence-corrected chi connectivity index (χ2v) is 3.02. The number of rotatable bonds is 6. The van der Waals surface area contributed by atoms with Crippen molar-refractivity contribution in [2.45, 2.75) is 6.54 Å². The van der Waals surface area contributed by atoms with Gasteiger partial charge >= 0.3 is 0 Å². The summed E-state index contributed by atoms with van der Waals surface area (Å²) in [5, 5.41) is 3.27. The van der Waals surface area contributed by atoms with Crippen LogP contribution in [0.2, 0.25) is 0 Å². The summed E-state index contributed by atoms with van der Waals surface area (Å²) in [6.45, 7) is 2.49. The third-order valence-electron chi connectivity index (χ3n) is 1.97. The fourth-order valence-corrected chi connectivity index (χ4v) is 1.15. The van der Waals surface area contributed by atoms with Crippen LogP contribution in [0, 0.1) is 0 Å². The Kier molecular flexibility index (Phi) is 5.04. The highest BCUT2D eigenvalue weighted by Crippen LogP contribution is 2.10. The van der Waals surface area contributed by atoms with Gasteiger partial charge in [0.25, 0.3) is 0 Å². The molecule has 0 aliphatic heterocycles.